The summed E-state index contributed by atoms with van der Waals surface area (Å²) >= 11 is 0. The molecule has 0 fully saturated rings. The van der Waals surface area contributed by atoms with Gasteiger partial charge in [-0.2, -0.15) is 0 Å². The molecule has 264 valence electrons. The van der Waals surface area contributed by atoms with Crippen molar-refractivity contribution < 1.29 is 27.5 Å². The summed E-state index contributed by atoms with van der Waals surface area (Å²) < 4.78 is 41.1. The van der Waals surface area contributed by atoms with E-state index >= 15 is 0 Å². The van der Waals surface area contributed by atoms with E-state index in [0.29, 0.717) is 23.8 Å². The van der Waals surface area contributed by atoms with E-state index < -0.39 is 28.5 Å². The molecule has 9 nitrogen and oxygen atoms in total. The summed E-state index contributed by atoms with van der Waals surface area (Å²) in [5.74, 6) is 1.01. The first-order valence-electron chi connectivity index (χ1n) is 16.8. The van der Waals surface area contributed by atoms with Crippen LogP contribution in [0.1, 0.15) is 25.0 Å². The van der Waals surface area contributed by atoms with Crippen LogP contribution < -0.4 is 19.1 Å². The van der Waals surface area contributed by atoms with E-state index in [1.807, 2.05) is 86.6 Å². The van der Waals surface area contributed by atoms with Gasteiger partial charge in [-0.25, -0.2) is 8.42 Å². The zero-order chi connectivity index (χ0) is 36.2. The van der Waals surface area contributed by atoms with E-state index in [1.165, 1.54) is 17.0 Å². The third-order valence-electron chi connectivity index (χ3n) is 8.16. The second kappa shape index (κ2) is 17.4. The maximum absolute atomic E-state index is 14.7. The molecule has 0 saturated heterocycles. The molecule has 0 radical (unpaired) electrons. The predicted molar refractivity (Wildman–Crippen MR) is 199 cm³/mol. The van der Waals surface area contributed by atoms with Crippen molar-refractivity contribution in [2.24, 2.45) is 5.92 Å². The van der Waals surface area contributed by atoms with Crippen LogP contribution in [0.25, 0.3) is 0 Å². The zero-order valence-corrected chi connectivity index (χ0v) is 29.8. The minimum Gasteiger partial charge on any atom is -0.497 e. The Kier molecular flexibility index (Phi) is 12.5. The number of rotatable bonds is 16. The topological polar surface area (TPSA) is 105 Å². The van der Waals surface area contributed by atoms with Gasteiger partial charge in [0.25, 0.3) is 10.0 Å². The number of benzene rings is 5. The number of nitrogens with zero attached hydrogens (tertiary/aromatic N) is 2. The van der Waals surface area contributed by atoms with Crippen LogP contribution >= 0.6 is 0 Å². The summed E-state index contributed by atoms with van der Waals surface area (Å²) in [4.78, 5) is 30.2. The molecule has 0 bridgehead atoms. The first-order valence-corrected chi connectivity index (χ1v) is 18.2. The first-order chi connectivity index (χ1) is 24.6. The Morgan fingerprint density at radius 2 is 1.27 bits per heavy atom. The monoisotopic (exact) mass is 705 g/mol. The Bertz CT molecular complexity index is 1970. The molecule has 5 aromatic rings. The van der Waals surface area contributed by atoms with Crippen LogP contribution in [0.5, 0.6) is 17.2 Å². The Hall–Kier alpha value is -5.61. The Morgan fingerprint density at radius 1 is 0.706 bits per heavy atom. The Morgan fingerprint density at radius 3 is 1.90 bits per heavy atom. The Labute approximate surface area is 300 Å². The molecule has 1 atom stereocenters. The highest BCUT2D eigenvalue weighted by atomic mass is 32.2. The first kappa shape index (κ1) is 36.7. The van der Waals surface area contributed by atoms with Gasteiger partial charge in [0.1, 0.15) is 29.8 Å². The number of sulfonamides is 1. The van der Waals surface area contributed by atoms with Gasteiger partial charge >= 0.3 is 0 Å². The fourth-order valence-electron chi connectivity index (χ4n) is 5.50. The lowest BCUT2D eigenvalue weighted by atomic mass is 10.0. The van der Waals surface area contributed by atoms with Crippen molar-refractivity contribution in [3.8, 4) is 17.2 Å². The number of ether oxygens (including phenoxy) is 2. The average Bonchev–Trinajstić information content (AvgIpc) is 3.15. The molecule has 0 aliphatic rings. The van der Waals surface area contributed by atoms with Gasteiger partial charge in [0.15, 0.2) is 0 Å². The maximum Gasteiger partial charge on any atom is 0.264 e. The normalized spacial score (nSPS) is 11.8. The molecule has 0 heterocycles. The third-order valence-corrected chi connectivity index (χ3v) is 9.94. The third kappa shape index (κ3) is 9.98. The number of nitrogens with one attached hydrogen (secondary N) is 1. The largest absolute Gasteiger partial charge is 0.497 e. The lowest BCUT2D eigenvalue weighted by Gasteiger charge is -2.34. The van der Waals surface area contributed by atoms with Crippen LogP contribution in [0.2, 0.25) is 0 Å². The molecule has 10 heteroatoms. The van der Waals surface area contributed by atoms with Crippen LogP contribution in [-0.4, -0.2) is 51.4 Å². The predicted octanol–water partition coefficient (Wildman–Crippen LogP) is 7.10. The van der Waals surface area contributed by atoms with Gasteiger partial charge in [0.2, 0.25) is 11.8 Å². The molecule has 0 spiro atoms. The summed E-state index contributed by atoms with van der Waals surface area (Å²) in [7, 11) is -2.68. The second-order valence-corrected chi connectivity index (χ2v) is 14.3. The van der Waals surface area contributed by atoms with E-state index in [2.05, 4.69) is 5.32 Å². The molecule has 5 aromatic carbocycles. The fraction of sp³-hybridized carbons (Fsp3) is 0.220. The lowest BCUT2D eigenvalue weighted by Crippen LogP contribution is -2.53. The number of hydrogen-bond acceptors (Lipinski definition) is 6. The van der Waals surface area contributed by atoms with Crippen LogP contribution in [0.15, 0.2) is 144 Å². The van der Waals surface area contributed by atoms with E-state index in [9.17, 15) is 18.0 Å². The molecule has 1 N–H and O–H groups in total. The summed E-state index contributed by atoms with van der Waals surface area (Å²) in [6.45, 7) is 3.87. The number of hydrogen-bond donors (Lipinski definition) is 1. The van der Waals surface area contributed by atoms with Gasteiger partial charge in [0.05, 0.1) is 17.7 Å². The summed E-state index contributed by atoms with van der Waals surface area (Å²) in [5.41, 5.74) is 1.84. The smallest absolute Gasteiger partial charge is 0.264 e. The SMILES string of the molecule is COc1cccc(CN(C(=O)CN(c2ccc(Oc3ccccc3)cc2)S(=O)(=O)c2ccccc2)C(Cc2ccccc2)C(=O)NCC(C)C)c1. The highest BCUT2D eigenvalue weighted by molar-refractivity contribution is 7.92. The molecule has 2 amide bonds. The molecule has 0 aliphatic heterocycles. The average molecular weight is 706 g/mol. The Balaban J connectivity index is 1.55. The standard InChI is InChI=1S/C41H43N3O6S/c1-31(2)28-42-41(46)39(27-32-14-7-4-8-15-32)43(29-33-16-13-19-37(26-33)49-3)40(45)30-44(51(47,48)38-20-11-6-12-21-38)34-22-24-36(25-23-34)50-35-17-9-5-10-18-35/h4-26,31,39H,27-30H2,1-3H3,(H,42,46). The molecule has 0 aliphatic carbocycles. The molecule has 5 rings (SSSR count). The number of para-hydroxylation sites is 1. The van der Waals surface area contributed by atoms with Gasteiger partial charge in [0, 0.05) is 19.5 Å². The molecular formula is C41H43N3O6S. The van der Waals surface area contributed by atoms with Gasteiger partial charge in [-0.15, -0.1) is 0 Å². The van der Waals surface area contributed by atoms with E-state index in [-0.39, 0.29) is 35.4 Å². The molecule has 1 unspecified atom stereocenters. The van der Waals surface area contributed by atoms with Gasteiger partial charge in [-0.3, -0.25) is 13.9 Å². The quantitative estimate of drug-likeness (QED) is 0.118. The van der Waals surface area contributed by atoms with Crippen molar-refractivity contribution in [2.75, 3.05) is 24.5 Å². The molecular weight excluding hydrogens is 663 g/mol. The highest BCUT2D eigenvalue weighted by Gasteiger charge is 2.34. The van der Waals surface area contributed by atoms with Crippen molar-refractivity contribution in [1.29, 1.82) is 0 Å². The van der Waals surface area contributed by atoms with Crippen LogP contribution in [0.3, 0.4) is 0 Å². The van der Waals surface area contributed by atoms with Crippen molar-refractivity contribution in [2.45, 2.75) is 37.8 Å². The zero-order valence-electron chi connectivity index (χ0n) is 29.0. The molecule has 0 aromatic heterocycles. The van der Waals surface area contributed by atoms with Crippen LogP contribution in [-0.2, 0) is 32.6 Å². The number of anilines is 1. The molecule has 0 saturated carbocycles. The van der Waals surface area contributed by atoms with E-state index in [1.54, 1.807) is 61.7 Å². The summed E-state index contributed by atoms with van der Waals surface area (Å²) in [6, 6.07) is 39.5. The number of methoxy groups -OCH3 is 1. The van der Waals surface area contributed by atoms with Gasteiger partial charge in [-0.1, -0.05) is 92.7 Å². The number of carbonyl (C=O) groups is 2. The van der Waals surface area contributed by atoms with E-state index in [0.717, 1.165) is 15.4 Å². The minimum absolute atomic E-state index is 0.0252. The van der Waals surface area contributed by atoms with Gasteiger partial charge in [-0.05, 0) is 77.7 Å². The molecule has 51 heavy (non-hydrogen) atoms. The van der Waals surface area contributed by atoms with Crippen molar-refractivity contribution in [3.63, 3.8) is 0 Å². The fourth-order valence-corrected chi connectivity index (χ4v) is 6.93. The van der Waals surface area contributed by atoms with Crippen molar-refractivity contribution >= 4 is 27.5 Å². The maximum atomic E-state index is 14.7. The number of amides is 2. The van der Waals surface area contributed by atoms with Crippen molar-refractivity contribution in [3.05, 3.63) is 151 Å². The summed E-state index contributed by atoms with van der Waals surface area (Å²) in [5, 5.41) is 3.01. The van der Waals surface area contributed by atoms with Crippen molar-refractivity contribution in [1.82, 2.24) is 10.2 Å². The van der Waals surface area contributed by atoms with Crippen LogP contribution in [0, 0.1) is 5.92 Å². The highest BCUT2D eigenvalue weighted by Crippen LogP contribution is 2.29. The second-order valence-electron chi connectivity index (χ2n) is 12.5. The van der Waals surface area contributed by atoms with E-state index in [4.69, 9.17) is 9.47 Å². The van der Waals surface area contributed by atoms with Gasteiger partial charge < -0.3 is 19.7 Å². The summed E-state index contributed by atoms with van der Waals surface area (Å²) in [6.07, 6.45) is 0.220. The number of carbonyl (C=O) groups excluding carboxylic acids is 2. The minimum atomic E-state index is -4.24. The van der Waals surface area contributed by atoms with Crippen LogP contribution in [0.4, 0.5) is 5.69 Å². The lowest BCUT2D eigenvalue weighted by molar-refractivity contribution is -0.140.